The largest absolute Gasteiger partial charge is 0.480 e. The van der Waals surface area contributed by atoms with Gasteiger partial charge in [-0.25, -0.2) is 0 Å². The number of carbonyl (C=O) groups is 1. The van der Waals surface area contributed by atoms with E-state index >= 15 is 0 Å². The fourth-order valence-corrected chi connectivity index (χ4v) is 4.26. The van der Waals surface area contributed by atoms with Gasteiger partial charge in [0.25, 0.3) is 0 Å². The van der Waals surface area contributed by atoms with Gasteiger partial charge in [-0.05, 0) is 47.7 Å². The Morgan fingerprint density at radius 3 is 2.79 bits per heavy atom. The Morgan fingerprint density at radius 2 is 2.00 bits per heavy atom. The summed E-state index contributed by atoms with van der Waals surface area (Å²) in [5, 5.41) is 21.7. The quantitative estimate of drug-likeness (QED) is 0.923. The third kappa shape index (κ3) is 2.69. The Morgan fingerprint density at radius 1 is 1.21 bits per heavy atom. The van der Waals surface area contributed by atoms with Crippen molar-refractivity contribution in [1.29, 1.82) is 0 Å². The number of hydrogen-bond acceptors (Lipinski definition) is 5. The highest BCUT2D eigenvalue weighted by Gasteiger charge is 2.45. The Balaban J connectivity index is 1.62. The lowest BCUT2D eigenvalue weighted by atomic mass is 9.85. The zero-order valence-corrected chi connectivity index (χ0v) is 13.5. The average molecular weight is 327 g/mol. The molecule has 1 aromatic heterocycles. The molecule has 2 heterocycles. The first-order chi connectivity index (χ1) is 11.7. The third-order valence-corrected chi connectivity index (χ3v) is 5.37. The molecule has 1 saturated heterocycles. The average Bonchev–Trinajstić information content (AvgIpc) is 3.21. The number of nitrogens with zero attached hydrogens (tertiary/aromatic N) is 5. The summed E-state index contributed by atoms with van der Waals surface area (Å²) < 4.78 is 1.70. The van der Waals surface area contributed by atoms with Gasteiger partial charge in [0, 0.05) is 6.04 Å². The standard InChI is InChI=1S/C17H21N5O2/c23-17(24)15-10-12-6-4-5-9-14(12)21(15)11-16-18-19-20-22(16)13-7-2-1-3-8-13/h1-3,7-8,12,14-15H,4-6,9-11H2,(H,23,24)/t12-,14-,15+/m1/s1. The number of benzene rings is 1. The molecule has 0 unspecified atom stereocenters. The molecule has 1 N–H and O–H groups in total. The fourth-order valence-electron chi connectivity index (χ4n) is 4.26. The number of hydrogen-bond donors (Lipinski definition) is 1. The van der Waals surface area contributed by atoms with E-state index in [1.165, 1.54) is 12.8 Å². The highest BCUT2D eigenvalue weighted by Crippen LogP contribution is 2.40. The van der Waals surface area contributed by atoms with Crippen LogP contribution in [-0.2, 0) is 11.3 Å². The lowest BCUT2D eigenvalue weighted by Crippen LogP contribution is -2.42. The molecule has 1 aliphatic carbocycles. The van der Waals surface area contributed by atoms with E-state index in [-0.39, 0.29) is 0 Å². The zero-order chi connectivity index (χ0) is 16.5. The Bertz CT molecular complexity index is 717. The molecule has 0 radical (unpaired) electrons. The molecule has 4 rings (SSSR count). The van der Waals surface area contributed by atoms with Crippen molar-refractivity contribution in [1.82, 2.24) is 25.1 Å². The van der Waals surface area contributed by atoms with Gasteiger partial charge in [0.1, 0.15) is 6.04 Å². The zero-order valence-electron chi connectivity index (χ0n) is 13.5. The van der Waals surface area contributed by atoms with Crippen molar-refractivity contribution in [2.24, 2.45) is 5.92 Å². The van der Waals surface area contributed by atoms with Crippen molar-refractivity contribution < 1.29 is 9.90 Å². The number of aliphatic carboxylic acids is 1. The first-order valence-corrected chi connectivity index (χ1v) is 8.55. The second-order valence-corrected chi connectivity index (χ2v) is 6.72. The van der Waals surface area contributed by atoms with Gasteiger partial charge in [0.15, 0.2) is 5.82 Å². The van der Waals surface area contributed by atoms with E-state index in [2.05, 4.69) is 20.4 Å². The van der Waals surface area contributed by atoms with Crippen LogP contribution in [0.4, 0.5) is 0 Å². The topological polar surface area (TPSA) is 84.1 Å². The molecule has 0 amide bonds. The van der Waals surface area contributed by atoms with Crippen molar-refractivity contribution in [3.05, 3.63) is 36.2 Å². The lowest BCUT2D eigenvalue weighted by Gasteiger charge is -2.32. The van der Waals surface area contributed by atoms with Crippen LogP contribution in [0.3, 0.4) is 0 Å². The van der Waals surface area contributed by atoms with Crippen LogP contribution in [0.5, 0.6) is 0 Å². The maximum Gasteiger partial charge on any atom is 0.320 e. The minimum Gasteiger partial charge on any atom is -0.480 e. The fraction of sp³-hybridized carbons (Fsp3) is 0.529. The van der Waals surface area contributed by atoms with E-state index in [0.29, 0.717) is 24.3 Å². The van der Waals surface area contributed by atoms with Gasteiger partial charge < -0.3 is 5.11 Å². The van der Waals surface area contributed by atoms with Crippen LogP contribution in [0.15, 0.2) is 30.3 Å². The maximum atomic E-state index is 11.7. The third-order valence-electron chi connectivity index (χ3n) is 5.37. The van der Waals surface area contributed by atoms with E-state index in [1.54, 1.807) is 4.68 Å². The number of para-hydroxylation sites is 1. The van der Waals surface area contributed by atoms with Gasteiger partial charge in [-0.1, -0.05) is 31.0 Å². The van der Waals surface area contributed by atoms with Crippen LogP contribution >= 0.6 is 0 Å². The summed E-state index contributed by atoms with van der Waals surface area (Å²) in [4.78, 5) is 13.8. The highest BCUT2D eigenvalue weighted by molar-refractivity contribution is 5.74. The molecular formula is C17H21N5O2. The number of aromatic nitrogens is 4. The Labute approximate surface area is 140 Å². The molecule has 2 aromatic rings. The van der Waals surface area contributed by atoms with Crippen LogP contribution in [-0.4, -0.2) is 48.3 Å². The van der Waals surface area contributed by atoms with Crippen molar-refractivity contribution in [2.75, 3.05) is 0 Å². The Kier molecular flexibility index (Phi) is 4.02. The van der Waals surface area contributed by atoms with E-state index < -0.39 is 12.0 Å². The van der Waals surface area contributed by atoms with E-state index in [4.69, 9.17) is 0 Å². The van der Waals surface area contributed by atoms with Crippen LogP contribution < -0.4 is 0 Å². The van der Waals surface area contributed by atoms with Crippen LogP contribution in [0, 0.1) is 5.92 Å². The minimum atomic E-state index is -0.733. The van der Waals surface area contributed by atoms with Crippen molar-refractivity contribution in [3.63, 3.8) is 0 Å². The molecule has 0 spiro atoms. The molecule has 7 nitrogen and oxygen atoms in total. The van der Waals surface area contributed by atoms with Gasteiger partial charge in [-0.3, -0.25) is 9.69 Å². The van der Waals surface area contributed by atoms with Crippen LogP contribution in [0.1, 0.15) is 37.9 Å². The number of rotatable bonds is 4. The molecule has 1 aliphatic heterocycles. The highest BCUT2D eigenvalue weighted by atomic mass is 16.4. The van der Waals surface area contributed by atoms with Crippen LogP contribution in [0.2, 0.25) is 0 Å². The number of likely N-dealkylation sites (tertiary alicyclic amines) is 1. The summed E-state index contributed by atoms with van der Waals surface area (Å²) >= 11 is 0. The van der Waals surface area contributed by atoms with E-state index in [1.807, 2.05) is 30.3 Å². The number of fused-ring (bicyclic) bond motifs is 1. The van der Waals surface area contributed by atoms with Gasteiger partial charge >= 0.3 is 5.97 Å². The summed E-state index contributed by atoms with van der Waals surface area (Å²) in [6.07, 6.45) is 5.33. The van der Waals surface area contributed by atoms with Crippen molar-refractivity contribution in [3.8, 4) is 5.69 Å². The van der Waals surface area contributed by atoms with Crippen molar-refractivity contribution >= 4 is 5.97 Å². The molecule has 1 saturated carbocycles. The maximum absolute atomic E-state index is 11.7. The molecular weight excluding hydrogens is 306 g/mol. The second-order valence-electron chi connectivity index (χ2n) is 6.72. The van der Waals surface area contributed by atoms with Crippen molar-refractivity contribution in [2.45, 2.75) is 50.7 Å². The molecule has 126 valence electrons. The molecule has 1 aromatic carbocycles. The smallest absolute Gasteiger partial charge is 0.320 e. The summed E-state index contributed by atoms with van der Waals surface area (Å²) in [5.41, 5.74) is 0.892. The van der Waals surface area contributed by atoms with E-state index in [0.717, 1.165) is 24.9 Å². The van der Waals surface area contributed by atoms with Gasteiger partial charge in [0.2, 0.25) is 0 Å². The number of carboxylic acids is 1. The predicted molar refractivity (Wildman–Crippen MR) is 86.5 cm³/mol. The molecule has 2 aliphatic rings. The first-order valence-electron chi connectivity index (χ1n) is 8.55. The lowest BCUT2D eigenvalue weighted by molar-refractivity contribution is -0.143. The summed E-state index contributed by atoms with van der Waals surface area (Å²) in [5.74, 6) is 0.447. The molecule has 24 heavy (non-hydrogen) atoms. The normalized spacial score (nSPS) is 27.1. The predicted octanol–water partition coefficient (Wildman–Crippen LogP) is 1.88. The minimum absolute atomic E-state index is 0.334. The summed E-state index contributed by atoms with van der Waals surface area (Å²) in [6.45, 7) is 0.472. The molecule has 0 bridgehead atoms. The molecule has 3 atom stereocenters. The second kappa shape index (κ2) is 6.32. The van der Waals surface area contributed by atoms with E-state index in [9.17, 15) is 9.90 Å². The first kappa shape index (κ1) is 15.3. The van der Waals surface area contributed by atoms with Gasteiger partial charge in [0.05, 0.1) is 12.2 Å². The molecule has 7 heteroatoms. The monoisotopic (exact) mass is 327 g/mol. The van der Waals surface area contributed by atoms with Gasteiger partial charge in [-0.2, -0.15) is 4.68 Å². The SMILES string of the molecule is O=C(O)[C@@H]1C[C@H]2CCCC[C@H]2N1Cc1nnnn1-c1ccccc1. The van der Waals surface area contributed by atoms with Gasteiger partial charge in [-0.15, -0.1) is 5.10 Å². The Hall–Kier alpha value is -2.28. The number of tetrazole rings is 1. The summed E-state index contributed by atoms with van der Waals surface area (Å²) in [6, 6.07) is 9.62. The van der Waals surface area contributed by atoms with Crippen LogP contribution in [0.25, 0.3) is 5.69 Å². The number of carboxylic acid groups (broad SMARTS) is 1. The molecule has 2 fully saturated rings. The summed E-state index contributed by atoms with van der Waals surface area (Å²) in [7, 11) is 0.